The number of ether oxygens (including phenoxy) is 1. The Kier molecular flexibility index (Phi) is 6.08. The highest BCUT2D eigenvalue weighted by Gasteiger charge is 2.33. The molecule has 7 nitrogen and oxygen atoms in total. The number of carbonyl (C=O) groups is 1. The molecule has 1 aromatic heterocycles. The number of fused-ring (bicyclic) bond motifs is 2. The Bertz CT molecular complexity index is 1090. The number of unbranched alkanes of at least 4 members (excludes halogenated alkanes) is 1. The lowest BCUT2D eigenvalue weighted by Crippen LogP contribution is -2.46. The lowest BCUT2D eigenvalue weighted by atomic mass is 9.79. The molecule has 0 saturated carbocycles. The topological polar surface area (TPSA) is 79.6 Å². The minimum absolute atomic E-state index is 0.00752. The molecule has 1 amide bonds. The molecule has 0 aromatic carbocycles. The van der Waals surface area contributed by atoms with Crippen LogP contribution in [-0.4, -0.2) is 48.6 Å². The van der Waals surface area contributed by atoms with Crippen molar-refractivity contribution in [3.8, 4) is 17.2 Å². The number of amides is 1. The first-order chi connectivity index (χ1) is 16.0. The number of pyridine rings is 1. The fourth-order valence-electron chi connectivity index (χ4n) is 5.03. The Morgan fingerprint density at radius 3 is 3.03 bits per heavy atom. The smallest absolute Gasteiger partial charge is 0.226 e. The maximum Gasteiger partial charge on any atom is 0.226 e. The van der Waals surface area contributed by atoms with Crippen LogP contribution in [0.1, 0.15) is 50.3 Å². The van der Waals surface area contributed by atoms with E-state index < -0.39 is 0 Å². The quantitative estimate of drug-likeness (QED) is 0.527. The average molecular weight is 449 g/mol. The van der Waals surface area contributed by atoms with Crippen molar-refractivity contribution in [1.82, 2.24) is 15.2 Å². The van der Waals surface area contributed by atoms with Crippen molar-refractivity contribution in [3.05, 3.63) is 53.8 Å². The van der Waals surface area contributed by atoms with Gasteiger partial charge in [-0.05, 0) is 37.6 Å². The second-order valence-electron chi connectivity index (χ2n) is 9.65. The van der Waals surface area contributed by atoms with Crippen LogP contribution in [-0.2, 0) is 10.2 Å². The third-order valence-corrected chi connectivity index (χ3v) is 6.77. The number of rotatable bonds is 7. The molecule has 1 fully saturated rings. The maximum absolute atomic E-state index is 12.0. The first kappa shape index (κ1) is 21.9. The number of nitrogens with one attached hydrogen (secondary N) is 2. The van der Waals surface area contributed by atoms with Crippen LogP contribution in [0.4, 0.5) is 5.82 Å². The number of piperazine rings is 1. The van der Waals surface area contributed by atoms with Crippen molar-refractivity contribution in [3.63, 3.8) is 0 Å². The van der Waals surface area contributed by atoms with Crippen LogP contribution in [0, 0.1) is 0 Å². The normalized spacial score (nSPS) is 20.4. The van der Waals surface area contributed by atoms with Crippen LogP contribution in [0.3, 0.4) is 0 Å². The summed E-state index contributed by atoms with van der Waals surface area (Å²) < 4.78 is 11.7. The predicted octanol–water partition coefficient (Wildman–Crippen LogP) is 4.20. The minimum Gasteiger partial charge on any atom is -0.478 e. The summed E-state index contributed by atoms with van der Waals surface area (Å²) in [5.74, 6) is 2.20. The molecule has 7 heteroatoms. The Morgan fingerprint density at radius 2 is 2.12 bits per heavy atom. The van der Waals surface area contributed by atoms with Gasteiger partial charge in [-0.15, -0.1) is 0 Å². The lowest BCUT2D eigenvalue weighted by Gasteiger charge is -2.36. The van der Waals surface area contributed by atoms with Gasteiger partial charge in [-0.2, -0.15) is 4.98 Å². The minimum atomic E-state index is -0.205. The molecule has 0 bridgehead atoms. The fourth-order valence-corrected chi connectivity index (χ4v) is 5.03. The average Bonchev–Trinajstić information content (AvgIpc) is 3.22. The zero-order valence-corrected chi connectivity index (χ0v) is 19.4. The van der Waals surface area contributed by atoms with Gasteiger partial charge in [-0.1, -0.05) is 26.0 Å². The van der Waals surface area contributed by atoms with Crippen molar-refractivity contribution in [1.29, 1.82) is 0 Å². The van der Waals surface area contributed by atoms with Crippen LogP contribution in [0.2, 0.25) is 0 Å². The first-order valence-electron chi connectivity index (χ1n) is 11.9. The van der Waals surface area contributed by atoms with Gasteiger partial charge in [0, 0.05) is 54.2 Å². The highest BCUT2D eigenvalue weighted by atomic mass is 16.5. The summed E-state index contributed by atoms with van der Waals surface area (Å²) in [4.78, 5) is 19.1. The van der Waals surface area contributed by atoms with Gasteiger partial charge in [0.1, 0.15) is 11.6 Å². The predicted molar refractivity (Wildman–Crippen MR) is 128 cm³/mol. The SMILES string of the molecule is CC1(C)CC(=O)Nc2nc(OCCCCN3CCNCC3c3ccc4cccoc3-4)ccc21. The third kappa shape index (κ3) is 4.61. The highest BCUT2D eigenvalue weighted by Crippen LogP contribution is 2.37. The zero-order chi connectivity index (χ0) is 22.8. The Balaban J connectivity index is 1.14. The van der Waals surface area contributed by atoms with Gasteiger partial charge in [0.05, 0.1) is 18.9 Å². The van der Waals surface area contributed by atoms with E-state index in [1.807, 2.05) is 18.2 Å². The van der Waals surface area contributed by atoms with Crippen molar-refractivity contribution in [2.45, 2.75) is 44.6 Å². The molecule has 0 spiro atoms. The molecular formula is C26H32N4O3. The summed E-state index contributed by atoms with van der Waals surface area (Å²) in [6, 6.07) is 12.6. The van der Waals surface area contributed by atoms with Crippen molar-refractivity contribution >= 4 is 11.7 Å². The second-order valence-corrected chi connectivity index (χ2v) is 9.65. The molecule has 1 aliphatic carbocycles. The molecule has 4 heterocycles. The number of carbonyl (C=O) groups excluding carboxylic acids is 1. The van der Waals surface area contributed by atoms with E-state index in [0.29, 0.717) is 30.8 Å². The van der Waals surface area contributed by atoms with E-state index in [2.05, 4.69) is 52.6 Å². The molecule has 2 N–H and O–H groups in total. The first-order valence-corrected chi connectivity index (χ1v) is 11.9. The van der Waals surface area contributed by atoms with Crippen LogP contribution in [0.25, 0.3) is 11.3 Å². The Hall–Kier alpha value is -2.90. The standard InChI is InChI=1S/C26H32N4O3/c1-26(2)16-22(31)28-25-20(26)9-10-23(29-25)32-14-4-3-12-30-13-11-27-17-21(30)19-8-7-18-6-5-15-33-24(18)19/h5-10,15,21,27H,3-4,11-14,16-17H2,1-2H3,(H,28,29,31). The summed E-state index contributed by atoms with van der Waals surface area (Å²) in [5.41, 5.74) is 3.27. The molecule has 3 aliphatic heterocycles. The Labute approximate surface area is 194 Å². The van der Waals surface area contributed by atoms with E-state index in [4.69, 9.17) is 9.15 Å². The summed E-state index contributed by atoms with van der Waals surface area (Å²) in [5, 5.41) is 6.41. The van der Waals surface area contributed by atoms with Gasteiger partial charge >= 0.3 is 0 Å². The zero-order valence-electron chi connectivity index (χ0n) is 19.4. The Morgan fingerprint density at radius 1 is 1.21 bits per heavy atom. The van der Waals surface area contributed by atoms with E-state index in [1.165, 1.54) is 5.56 Å². The number of anilines is 1. The van der Waals surface area contributed by atoms with E-state index in [1.54, 1.807) is 6.26 Å². The molecule has 1 atom stereocenters. The third-order valence-electron chi connectivity index (χ3n) is 6.77. The fraction of sp³-hybridized carbons (Fsp3) is 0.462. The molecule has 33 heavy (non-hydrogen) atoms. The van der Waals surface area contributed by atoms with E-state index in [9.17, 15) is 4.79 Å². The maximum atomic E-state index is 12.0. The summed E-state index contributed by atoms with van der Waals surface area (Å²) in [6.45, 7) is 8.72. The molecule has 174 valence electrons. The monoisotopic (exact) mass is 448 g/mol. The second kappa shape index (κ2) is 9.15. The van der Waals surface area contributed by atoms with E-state index >= 15 is 0 Å². The molecule has 1 aromatic rings. The molecular weight excluding hydrogens is 416 g/mol. The molecule has 5 rings (SSSR count). The van der Waals surface area contributed by atoms with Crippen LogP contribution < -0.4 is 15.4 Å². The number of aromatic nitrogens is 1. The van der Waals surface area contributed by atoms with Gasteiger partial charge < -0.3 is 19.8 Å². The number of hydrogen-bond acceptors (Lipinski definition) is 6. The molecule has 0 radical (unpaired) electrons. The number of nitrogens with zero attached hydrogens (tertiary/aromatic N) is 2. The molecule has 4 aliphatic rings. The van der Waals surface area contributed by atoms with E-state index in [0.717, 1.165) is 55.9 Å². The van der Waals surface area contributed by atoms with Gasteiger partial charge in [-0.25, -0.2) is 0 Å². The molecule has 1 unspecified atom stereocenters. The van der Waals surface area contributed by atoms with Crippen LogP contribution >= 0.6 is 0 Å². The summed E-state index contributed by atoms with van der Waals surface area (Å²) >= 11 is 0. The molecule has 1 saturated heterocycles. The van der Waals surface area contributed by atoms with Gasteiger partial charge in [0.2, 0.25) is 11.8 Å². The summed E-state index contributed by atoms with van der Waals surface area (Å²) in [7, 11) is 0. The van der Waals surface area contributed by atoms with E-state index in [-0.39, 0.29) is 11.3 Å². The van der Waals surface area contributed by atoms with Crippen molar-refractivity contribution in [2.24, 2.45) is 0 Å². The van der Waals surface area contributed by atoms with Gasteiger partial charge in [0.25, 0.3) is 0 Å². The van der Waals surface area contributed by atoms with Gasteiger partial charge in [0.15, 0.2) is 0 Å². The summed E-state index contributed by atoms with van der Waals surface area (Å²) in [6.07, 6.45) is 4.22. The van der Waals surface area contributed by atoms with Crippen LogP contribution in [0.15, 0.2) is 47.1 Å². The van der Waals surface area contributed by atoms with Crippen molar-refractivity contribution in [2.75, 3.05) is 38.1 Å². The van der Waals surface area contributed by atoms with Crippen LogP contribution in [0.5, 0.6) is 5.88 Å². The number of hydrogen-bond donors (Lipinski definition) is 2. The van der Waals surface area contributed by atoms with Gasteiger partial charge in [-0.3, -0.25) is 9.69 Å². The highest BCUT2D eigenvalue weighted by molar-refractivity contribution is 5.94. The lowest BCUT2D eigenvalue weighted by molar-refractivity contribution is -0.117. The van der Waals surface area contributed by atoms with Crippen molar-refractivity contribution < 1.29 is 13.9 Å². The largest absolute Gasteiger partial charge is 0.478 e.